The summed E-state index contributed by atoms with van der Waals surface area (Å²) in [5.74, 6) is -0.309. The number of amides is 1. The van der Waals surface area contributed by atoms with Gasteiger partial charge in [-0.25, -0.2) is 5.10 Å². The maximum Gasteiger partial charge on any atom is 0.253 e. The van der Waals surface area contributed by atoms with Gasteiger partial charge in [0.1, 0.15) is 0 Å². The molecule has 0 atom stereocenters. The number of hydrogen-bond donors (Lipinski definition) is 1. The molecule has 7 nitrogen and oxygen atoms in total. The number of H-pyrrole nitrogens is 1. The molecule has 7 heteroatoms. The molecule has 0 saturated heterocycles. The first-order valence-electron chi connectivity index (χ1n) is 5.44. The van der Waals surface area contributed by atoms with E-state index in [1.165, 1.54) is 6.08 Å². The van der Waals surface area contributed by atoms with Crippen LogP contribution in [0.15, 0.2) is 36.4 Å². The zero-order valence-corrected chi connectivity index (χ0v) is 9.85. The molecule has 0 fully saturated rings. The van der Waals surface area contributed by atoms with Crippen molar-refractivity contribution in [2.45, 2.75) is 0 Å². The Balaban J connectivity index is 2.12. The Labute approximate surface area is 108 Å². The number of nitrogens with one attached hydrogen (secondary N) is 1. The molecule has 19 heavy (non-hydrogen) atoms. The molecule has 1 aromatic carbocycles. The molecule has 0 saturated carbocycles. The van der Waals surface area contributed by atoms with Crippen LogP contribution in [0.2, 0.25) is 0 Å². The van der Waals surface area contributed by atoms with E-state index in [2.05, 4.69) is 20.6 Å². The number of benzene rings is 1. The molecule has 0 aliphatic rings. The molecule has 1 aromatic heterocycles. The lowest BCUT2D eigenvalue weighted by Gasteiger charge is -2.12. The van der Waals surface area contributed by atoms with Crippen LogP contribution >= 0.6 is 0 Å². The highest BCUT2D eigenvalue weighted by atomic mass is 16.2. The van der Waals surface area contributed by atoms with Gasteiger partial charge in [0.15, 0.2) is 0 Å². The maximum absolute atomic E-state index is 11.9. The lowest BCUT2D eigenvalue weighted by molar-refractivity contribution is -0.114. The number of nitrogens with zero attached hydrogens (tertiary/aromatic N) is 4. The molecular formula is C12H10N5O2. The third-order valence-corrected chi connectivity index (χ3v) is 2.30. The summed E-state index contributed by atoms with van der Waals surface area (Å²) in [5.41, 5.74) is 0.876. The van der Waals surface area contributed by atoms with E-state index < -0.39 is 5.91 Å². The van der Waals surface area contributed by atoms with E-state index in [9.17, 15) is 9.59 Å². The largest absolute Gasteiger partial charge is 0.289 e. The third-order valence-electron chi connectivity index (χ3n) is 2.30. The van der Waals surface area contributed by atoms with Gasteiger partial charge < -0.3 is 0 Å². The van der Waals surface area contributed by atoms with Crippen molar-refractivity contribution in [3.8, 4) is 0 Å². The number of anilines is 1. The molecule has 0 bridgehead atoms. The first kappa shape index (κ1) is 12.6. The Bertz CT molecular complexity index is 565. The molecule has 0 unspecified atom stereocenters. The minimum absolute atomic E-state index is 0.103. The molecule has 1 N–H and O–H groups in total. The summed E-state index contributed by atoms with van der Waals surface area (Å²) >= 11 is 0. The van der Waals surface area contributed by atoms with Gasteiger partial charge in [0.2, 0.25) is 12.2 Å². The molecule has 1 heterocycles. The SMILES string of the molecule is O=[C]CN(C(=O)/C=C/c1ccccc1)c1nnn[nH]1. The number of carbonyl (C=O) groups excluding carboxylic acids is 2. The molecule has 1 amide bonds. The number of aromatic nitrogens is 4. The van der Waals surface area contributed by atoms with Gasteiger partial charge in [-0.15, -0.1) is 0 Å². The highest BCUT2D eigenvalue weighted by molar-refractivity contribution is 6.04. The van der Waals surface area contributed by atoms with E-state index in [1.807, 2.05) is 30.3 Å². The zero-order valence-electron chi connectivity index (χ0n) is 9.85. The van der Waals surface area contributed by atoms with Gasteiger partial charge in [-0.1, -0.05) is 35.4 Å². The minimum atomic E-state index is -0.411. The van der Waals surface area contributed by atoms with E-state index in [0.717, 1.165) is 10.5 Å². The average Bonchev–Trinajstić information content (AvgIpc) is 2.97. The van der Waals surface area contributed by atoms with Gasteiger partial charge >= 0.3 is 0 Å². The summed E-state index contributed by atoms with van der Waals surface area (Å²) in [6.07, 6.45) is 4.63. The van der Waals surface area contributed by atoms with E-state index >= 15 is 0 Å². The van der Waals surface area contributed by atoms with Crippen LogP contribution in [0, 0.1) is 0 Å². The second-order valence-corrected chi connectivity index (χ2v) is 3.54. The first-order valence-corrected chi connectivity index (χ1v) is 5.44. The normalized spacial score (nSPS) is 10.5. The molecule has 2 rings (SSSR count). The van der Waals surface area contributed by atoms with Gasteiger partial charge in [-0.3, -0.25) is 14.5 Å². The summed E-state index contributed by atoms with van der Waals surface area (Å²) in [6.45, 7) is -0.241. The monoisotopic (exact) mass is 256 g/mol. The Morgan fingerprint density at radius 1 is 1.37 bits per heavy atom. The van der Waals surface area contributed by atoms with Crippen molar-refractivity contribution in [2.75, 3.05) is 11.4 Å². The van der Waals surface area contributed by atoms with Crippen LogP contribution in [0.3, 0.4) is 0 Å². The quantitative estimate of drug-likeness (QED) is 0.779. The summed E-state index contributed by atoms with van der Waals surface area (Å²) in [6, 6.07) is 9.32. The fraction of sp³-hybridized carbons (Fsp3) is 0.0833. The van der Waals surface area contributed by atoms with Crippen molar-refractivity contribution in [1.29, 1.82) is 0 Å². The predicted octanol–water partition coefficient (Wildman–Crippen LogP) is 0.356. The second kappa shape index (κ2) is 6.20. The van der Waals surface area contributed by atoms with E-state index in [1.54, 1.807) is 12.4 Å². The Morgan fingerprint density at radius 3 is 2.79 bits per heavy atom. The molecule has 0 spiro atoms. The van der Waals surface area contributed by atoms with Gasteiger partial charge in [-0.2, -0.15) is 0 Å². The van der Waals surface area contributed by atoms with Gasteiger partial charge in [0.05, 0.1) is 6.54 Å². The molecule has 0 aliphatic heterocycles. The van der Waals surface area contributed by atoms with Crippen molar-refractivity contribution in [3.05, 3.63) is 42.0 Å². The minimum Gasteiger partial charge on any atom is -0.289 e. The summed E-state index contributed by atoms with van der Waals surface area (Å²) in [5, 5.41) is 12.7. The summed E-state index contributed by atoms with van der Waals surface area (Å²) in [4.78, 5) is 23.5. The van der Waals surface area contributed by atoms with E-state index in [4.69, 9.17) is 0 Å². The molecular weight excluding hydrogens is 246 g/mol. The van der Waals surface area contributed by atoms with Crippen molar-refractivity contribution in [2.24, 2.45) is 0 Å². The van der Waals surface area contributed by atoms with Crippen molar-refractivity contribution in [1.82, 2.24) is 20.6 Å². The van der Waals surface area contributed by atoms with E-state index in [-0.39, 0.29) is 12.5 Å². The summed E-state index contributed by atoms with van der Waals surface area (Å²) in [7, 11) is 0. The Kier molecular flexibility index (Phi) is 4.12. The maximum atomic E-state index is 11.9. The highest BCUT2D eigenvalue weighted by Gasteiger charge is 2.16. The van der Waals surface area contributed by atoms with Gasteiger partial charge in [-0.05, 0) is 22.1 Å². The average molecular weight is 256 g/mol. The second-order valence-electron chi connectivity index (χ2n) is 3.54. The number of carbonyl (C=O) groups is 1. The van der Waals surface area contributed by atoms with Crippen LogP contribution in [-0.4, -0.2) is 39.4 Å². The fourth-order valence-electron chi connectivity index (χ4n) is 1.41. The molecule has 0 aliphatic carbocycles. The van der Waals surface area contributed by atoms with Crippen molar-refractivity contribution < 1.29 is 9.59 Å². The number of rotatable bonds is 5. The molecule has 2 aromatic rings. The van der Waals surface area contributed by atoms with Crippen LogP contribution < -0.4 is 4.90 Å². The van der Waals surface area contributed by atoms with Crippen molar-refractivity contribution in [3.63, 3.8) is 0 Å². The molecule has 1 radical (unpaired) electrons. The zero-order chi connectivity index (χ0) is 13.5. The molecule has 95 valence electrons. The smallest absolute Gasteiger partial charge is 0.253 e. The van der Waals surface area contributed by atoms with Gasteiger partial charge in [0, 0.05) is 6.08 Å². The van der Waals surface area contributed by atoms with Crippen LogP contribution in [0.4, 0.5) is 5.95 Å². The first-order chi connectivity index (χ1) is 9.31. The Hall–Kier alpha value is -2.83. The Morgan fingerprint density at radius 2 is 2.16 bits per heavy atom. The van der Waals surface area contributed by atoms with Crippen molar-refractivity contribution >= 4 is 24.2 Å². The van der Waals surface area contributed by atoms with Crippen LogP contribution in [0.1, 0.15) is 5.56 Å². The number of tetrazole rings is 1. The number of aromatic amines is 1. The highest BCUT2D eigenvalue weighted by Crippen LogP contribution is 2.06. The van der Waals surface area contributed by atoms with Gasteiger partial charge in [0.25, 0.3) is 5.91 Å². The third kappa shape index (κ3) is 3.32. The number of hydrogen-bond acceptors (Lipinski definition) is 5. The topological polar surface area (TPSA) is 91.8 Å². The van der Waals surface area contributed by atoms with Crippen LogP contribution in [0.25, 0.3) is 6.08 Å². The van der Waals surface area contributed by atoms with E-state index in [0.29, 0.717) is 0 Å². The lowest BCUT2D eigenvalue weighted by atomic mass is 10.2. The van der Waals surface area contributed by atoms with Crippen LogP contribution in [-0.2, 0) is 9.59 Å². The fourth-order valence-corrected chi connectivity index (χ4v) is 1.41. The standard InChI is InChI=1S/C12H10N5O2/c18-9-8-17(12-13-15-16-14-12)11(19)7-6-10-4-2-1-3-5-10/h1-7H,8H2,(H,13,14,15,16)/b7-6+. The summed E-state index contributed by atoms with van der Waals surface area (Å²) < 4.78 is 0. The van der Waals surface area contributed by atoms with Crippen LogP contribution in [0.5, 0.6) is 0 Å². The lowest BCUT2D eigenvalue weighted by Crippen LogP contribution is -2.32. The predicted molar refractivity (Wildman–Crippen MR) is 67.7 cm³/mol.